The van der Waals surface area contributed by atoms with Crippen LogP contribution in [-0.2, 0) is 20.9 Å². The second-order valence-electron chi connectivity index (χ2n) is 7.43. The maximum absolute atomic E-state index is 12.0. The molecule has 6 heteroatoms. The Hall–Kier alpha value is -3.90. The zero-order valence-corrected chi connectivity index (χ0v) is 18.6. The zero-order valence-electron chi connectivity index (χ0n) is 18.6. The quantitative estimate of drug-likeness (QED) is 0.253. The Morgan fingerprint density at radius 2 is 1.73 bits per heavy atom. The van der Waals surface area contributed by atoms with Crippen molar-refractivity contribution in [2.24, 2.45) is 0 Å². The van der Waals surface area contributed by atoms with Crippen LogP contribution in [0.4, 0.5) is 0 Å². The Morgan fingerprint density at radius 1 is 0.939 bits per heavy atom. The largest absolute Gasteiger partial charge is 0.489 e. The predicted octanol–water partition coefficient (Wildman–Crippen LogP) is 5.45. The third-order valence-corrected chi connectivity index (χ3v) is 5.08. The van der Waals surface area contributed by atoms with Gasteiger partial charge in [0.1, 0.15) is 18.1 Å². The highest BCUT2D eigenvalue weighted by molar-refractivity contribution is 5.85. The van der Waals surface area contributed by atoms with E-state index in [1.165, 1.54) is 6.92 Å². The topological polar surface area (TPSA) is 66.9 Å². The summed E-state index contributed by atoms with van der Waals surface area (Å²) in [6.45, 7) is 1.83. The van der Waals surface area contributed by atoms with E-state index < -0.39 is 12.1 Å². The maximum Gasteiger partial charge on any atom is 0.303 e. The molecular formula is C27H25NO5. The SMILES string of the molecule is COCOc1cc(OCc2ccccc2)ccc1C(OC(C)=O)c1nccc2ccccc12. The Kier molecular flexibility index (Phi) is 7.17. The molecule has 0 aliphatic rings. The van der Waals surface area contributed by atoms with E-state index in [4.69, 9.17) is 18.9 Å². The molecule has 6 nitrogen and oxygen atoms in total. The van der Waals surface area contributed by atoms with Crippen LogP contribution in [0.1, 0.15) is 29.8 Å². The Morgan fingerprint density at radius 3 is 2.52 bits per heavy atom. The highest BCUT2D eigenvalue weighted by Crippen LogP contribution is 2.37. The van der Waals surface area contributed by atoms with E-state index in [1.54, 1.807) is 19.4 Å². The van der Waals surface area contributed by atoms with Crippen LogP contribution < -0.4 is 9.47 Å². The van der Waals surface area contributed by atoms with Gasteiger partial charge in [0.25, 0.3) is 0 Å². The Bertz CT molecular complexity index is 1220. The Balaban J connectivity index is 1.73. The van der Waals surface area contributed by atoms with Crippen LogP contribution >= 0.6 is 0 Å². The molecule has 0 saturated carbocycles. The van der Waals surface area contributed by atoms with Crippen molar-refractivity contribution in [1.82, 2.24) is 4.98 Å². The summed E-state index contributed by atoms with van der Waals surface area (Å²) in [5, 5.41) is 1.90. The van der Waals surface area contributed by atoms with Crippen molar-refractivity contribution < 1.29 is 23.7 Å². The number of carbonyl (C=O) groups is 1. The van der Waals surface area contributed by atoms with E-state index in [0.29, 0.717) is 29.4 Å². The van der Waals surface area contributed by atoms with Gasteiger partial charge in [-0.15, -0.1) is 0 Å². The number of hydrogen-bond acceptors (Lipinski definition) is 6. The fourth-order valence-corrected chi connectivity index (χ4v) is 3.59. The van der Waals surface area contributed by atoms with Crippen molar-refractivity contribution in [3.05, 3.63) is 102 Å². The summed E-state index contributed by atoms with van der Waals surface area (Å²) in [5.74, 6) is 0.696. The smallest absolute Gasteiger partial charge is 0.303 e. The van der Waals surface area contributed by atoms with Crippen molar-refractivity contribution in [2.45, 2.75) is 19.6 Å². The molecule has 0 fully saturated rings. The number of esters is 1. The average Bonchev–Trinajstić information content (AvgIpc) is 2.85. The number of nitrogens with zero attached hydrogens (tertiary/aromatic N) is 1. The number of hydrogen-bond donors (Lipinski definition) is 0. The van der Waals surface area contributed by atoms with Crippen LogP contribution in [0.5, 0.6) is 11.5 Å². The second-order valence-corrected chi connectivity index (χ2v) is 7.43. The van der Waals surface area contributed by atoms with Crippen molar-refractivity contribution >= 4 is 16.7 Å². The fourth-order valence-electron chi connectivity index (χ4n) is 3.59. The van der Waals surface area contributed by atoms with Gasteiger partial charge >= 0.3 is 5.97 Å². The second kappa shape index (κ2) is 10.6. The zero-order chi connectivity index (χ0) is 23.0. The monoisotopic (exact) mass is 443 g/mol. The highest BCUT2D eigenvalue weighted by Gasteiger charge is 2.25. The molecule has 0 aliphatic carbocycles. The number of benzene rings is 3. The number of methoxy groups -OCH3 is 1. The average molecular weight is 443 g/mol. The third kappa shape index (κ3) is 5.48. The van der Waals surface area contributed by atoms with E-state index in [2.05, 4.69) is 4.98 Å². The molecule has 168 valence electrons. The molecule has 33 heavy (non-hydrogen) atoms. The number of fused-ring (bicyclic) bond motifs is 1. The van der Waals surface area contributed by atoms with E-state index >= 15 is 0 Å². The molecule has 3 aromatic carbocycles. The van der Waals surface area contributed by atoms with E-state index in [0.717, 1.165) is 16.3 Å². The molecule has 1 unspecified atom stereocenters. The predicted molar refractivity (Wildman–Crippen MR) is 125 cm³/mol. The van der Waals surface area contributed by atoms with Gasteiger partial charge in [0.05, 0.1) is 5.69 Å². The number of carbonyl (C=O) groups excluding carboxylic acids is 1. The molecule has 4 aromatic rings. The Labute approximate surface area is 192 Å². The molecule has 0 saturated heterocycles. The molecule has 0 N–H and O–H groups in total. The lowest BCUT2D eigenvalue weighted by molar-refractivity contribution is -0.144. The fraction of sp³-hybridized carbons (Fsp3) is 0.185. The number of ether oxygens (including phenoxy) is 4. The van der Waals surface area contributed by atoms with E-state index in [1.807, 2.05) is 72.8 Å². The van der Waals surface area contributed by atoms with Gasteiger partial charge in [-0.3, -0.25) is 9.78 Å². The van der Waals surface area contributed by atoms with Gasteiger partial charge in [-0.2, -0.15) is 0 Å². The number of aromatic nitrogens is 1. The summed E-state index contributed by atoms with van der Waals surface area (Å²) >= 11 is 0. The first-order valence-electron chi connectivity index (χ1n) is 10.6. The van der Waals surface area contributed by atoms with Gasteiger partial charge in [-0.25, -0.2) is 0 Å². The molecule has 0 spiro atoms. The van der Waals surface area contributed by atoms with Gasteiger partial charge in [0, 0.05) is 37.2 Å². The number of pyridine rings is 1. The van der Waals surface area contributed by atoms with Crippen molar-refractivity contribution in [2.75, 3.05) is 13.9 Å². The van der Waals surface area contributed by atoms with Crippen LogP contribution in [-0.4, -0.2) is 24.9 Å². The van der Waals surface area contributed by atoms with Gasteiger partial charge < -0.3 is 18.9 Å². The molecule has 0 radical (unpaired) electrons. The molecule has 1 atom stereocenters. The summed E-state index contributed by atoms with van der Waals surface area (Å²) in [7, 11) is 1.55. The molecule has 0 aliphatic heterocycles. The van der Waals surface area contributed by atoms with Crippen LogP contribution in [0.15, 0.2) is 85.1 Å². The van der Waals surface area contributed by atoms with E-state index in [9.17, 15) is 4.79 Å². The molecule has 1 heterocycles. The molecule has 1 aromatic heterocycles. The lowest BCUT2D eigenvalue weighted by Gasteiger charge is -2.22. The van der Waals surface area contributed by atoms with Crippen LogP contribution in [0.2, 0.25) is 0 Å². The number of rotatable bonds is 9. The summed E-state index contributed by atoms with van der Waals surface area (Å²) in [4.78, 5) is 16.6. The lowest BCUT2D eigenvalue weighted by Crippen LogP contribution is -2.14. The molecule has 0 amide bonds. The molecule has 0 bridgehead atoms. The first kappa shape index (κ1) is 22.3. The van der Waals surface area contributed by atoms with Crippen molar-refractivity contribution in [3.8, 4) is 11.5 Å². The van der Waals surface area contributed by atoms with Gasteiger partial charge in [0.15, 0.2) is 12.9 Å². The van der Waals surface area contributed by atoms with Crippen LogP contribution in [0.3, 0.4) is 0 Å². The summed E-state index contributed by atoms with van der Waals surface area (Å²) in [6.07, 6.45) is 0.949. The minimum atomic E-state index is -0.761. The van der Waals surface area contributed by atoms with Gasteiger partial charge in [0.2, 0.25) is 0 Å². The maximum atomic E-state index is 12.0. The summed E-state index contributed by atoms with van der Waals surface area (Å²) in [5.41, 5.74) is 2.33. The normalized spacial score (nSPS) is 11.7. The summed E-state index contributed by atoms with van der Waals surface area (Å²) in [6, 6.07) is 25.1. The third-order valence-electron chi connectivity index (χ3n) is 5.08. The van der Waals surface area contributed by atoms with Crippen LogP contribution in [0.25, 0.3) is 10.8 Å². The van der Waals surface area contributed by atoms with Gasteiger partial charge in [-0.1, -0.05) is 54.6 Å². The minimum Gasteiger partial charge on any atom is -0.489 e. The van der Waals surface area contributed by atoms with Crippen molar-refractivity contribution in [3.63, 3.8) is 0 Å². The minimum absolute atomic E-state index is 0.0326. The van der Waals surface area contributed by atoms with Gasteiger partial charge in [-0.05, 0) is 29.1 Å². The first-order valence-corrected chi connectivity index (χ1v) is 10.6. The standard InChI is InChI=1S/C27H25NO5/c1-19(29)33-27(26-23-11-7-6-10-21(23)14-15-28-26)24-13-12-22(16-25(24)32-18-30-2)31-17-20-8-4-3-5-9-20/h3-16,27H,17-18H2,1-2H3. The highest BCUT2D eigenvalue weighted by atomic mass is 16.7. The molecular weight excluding hydrogens is 418 g/mol. The molecule has 4 rings (SSSR count). The van der Waals surface area contributed by atoms with E-state index in [-0.39, 0.29) is 6.79 Å². The van der Waals surface area contributed by atoms with Crippen molar-refractivity contribution in [1.29, 1.82) is 0 Å². The first-order chi connectivity index (χ1) is 16.2. The summed E-state index contributed by atoms with van der Waals surface area (Å²) < 4.78 is 22.7. The van der Waals surface area contributed by atoms with Crippen LogP contribution in [0, 0.1) is 0 Å². The lowest BCUT2D eigenvalue weighted by atomic mass is 9.99.